The minimum Gasteiger partial charge on any atom is -0.480 e. The normalized spacial score (nSPS) is 12.1. The van der Waals surface area contributed by atoms with Crippen LogP contribution in [-0.2, 0) is 16.1 Å². The predicted molar refractivity (Wildman–Crippen MR) is 78.1 cm³/mol. The number of carbonyl (C=O) groups excluding carboxylic acids is 1. The Morgan fingerprint density at radius 2 is 1.95 bits per heavy atom. The van der Waals surface area contributed by atoms with E-state index in [1.807, 2.05) is 0 Å². The van der Waals surface area contributed by atoms with Gasteiger partial charge in [-0.15, -0.1) is 0 Å². The van der Waals surface area contributed by atoms with Crippen molar-refractivity contribution >= 4 is 22.8 Å². The maximum absolute atomic E-state index is 12.2. The molecule has 110 valence electrons. The second-order valence-electron chi connectivity index (χ2n) is 4.84. The molecule has 21 heavy (non-hydrogen) atoms. The molecule has 6 nitrogen and oxygen atoms in total. The lowest BCUT2D eigenvalue weighted by atomic mass is 10.2. The third kappa shape index (κ3) is 2.94. The number of aliphatic carboxylic acids is 1. The molecule has 2 aromatic rings. The van der Waals surface area contributed by atoms with Gasteiger partial charge in [0.1, 0.15) is 12.6 Å². The molecule has 1 heterocycles. The van der Waals surface area contributed by atoms with E-state index in [2.05, 4.69) is 0 Å². The van der Waals surface area contributed by atoms with Gasteiger partial charge in [0.2, 0.25) is 5.91 Å². The van der Waals surface area contributed by atoms with Crippen molar-refractivity contribution in [2.24, 2.45) is 0 Å². The van der Waals surface area contributed by atoms with Gasteiger partial charge in [-0.25, -0.2) is 4.79 Å². The van der Waals surface area contributed by atoms with Gasteiger partial charge in [-0.1, -0.05) is 12.1 Å². The maximum atomic E-state index is 12.2. The van der Waals surface area contributed by atoms with Crippen LogP contribution in [0, 0.1) is 0 Å². The first-order chi connectivity index (χ1) is 9.91. The van der Waals surface area contributed by atoms with Gasteiger partial charge in [-0.05, 0) is 19.1 Å². The average molecular weight is 288 g/mol. The van der Waals surface area contributed by atoms with Crippen molar-refractivity contribution in [3.05, 3.63) is 46.8 Å². The maximum Gasteiger partial charge on any atom is 0.326 e. The first kappa shape index (κ1) is 14.8. The van der Waals surface area contributed by atoms with E-state index in [1.165, 1.54) is 24.9 Å². The van der Waals surface area contributed by atoms with Gasteiger partial charge in [0, 0.05) is 24.7 Å². The van der Waals surface area contributed by atoms with Crippen LogP contribution in [0.5, 0.6) is 0 Å². The monoisotopic (exact) mass is 288 g/mol. The predicted octanol–water partition coefficient (Wildman–Crippen LogP) is 0.933. The third-order valence-corrected chi connectivity index (χ3v) is 3.52. The zero-order chi connectivity index (χ0) is 15.6. The van der Waals surface area contributed by atoms with Crippen LogP contribution in [-0.4, -0.2) is 39.5 Å². The van der Waals surface area contributed by atoms with E-state index in [0.29, 0.717) is 10.9 Å². The standard InChI is InChI=1S/C15H16N2O4/c1-10(15(20)21)16(2)14(19)9-17-8-7-13(18)11-5-3-4-6-12(11)17/h3-8,10H,9H2,1-2H3,(H,20,21). The highest BCUT2D eigenvalue weighted by Crippen LogP contribution is 2.10. The summed E-state index contributed by atoms with van der Waals surface area (Å²) >= 11 is 0. The number of carboxylic acids is 1. The Labute approximate surface area is 121 Å². The third-order valence-electron chi connectivity index (χ3n) is 3.52. The van der Waals surface area contributed by atoms with Crippen LogP contribution in [0.2, 0.25) is 0 Å². The Balaban J connectivity index is 2.32. The number of pyridine rings is 1. The Morgan fingerprint density at radius 1 is 1.29 bits per heavy atom. The quantitative estimate of drug-likeness (QED) is 0.907. The summed E-state index contributed by atoms with van der Waals surface area (Å²) in [7, 11) is 1.45. The number of aromatic nitrogens is 1. The van der Waals surface area contributed by atoms with Crippen LogP contribution in [0.4, 0.5) is 0 Å². The van der Waals surface area contributed by atoms with Crippen molar-refractivity contribution in [2.75, 3.05) is 7.05 Å². The van der Waals surface area contributed by atoms with Crippen LogP contribution in [0.3, 0.4) is 0 Å². The molecule has 1 aromatic carbocycles. The molecule has 0 aliphatic carbocycles. The number of rotatable bonds is 4. The van der Waals surface area contributed by atoms with E-state index in [4.69, 9.17) is 5.11 Å². The zero-order valence-corrected chi connectivity index (χ0v) is 11.8. The number of carboxylic acid groups (broad SMARTS) is 1. The zero-order valence-electron chi connectivity index (χ0n) is 11.8. The van der Waals surface area contributed by atoms with E-state index in [-0.39, 0.29) is 17.9 Å². The van der Waals surface area contributed by atoms with Crippen molar-refractivity contribution in [1.82, 2.24) is 9.47 Å². The largest absolute Gasteiger partial charge is 0.480 e. The number of fused-ring (bicyclic) bond motifs is 1. The number of likely N-dealkylation sites (N-methyl/N-ethyl adjacent to an activating group) is 1. The average Bonchev–Trinajstić information content (AvgIpc) is 2.48. The summed E-state index contributed by atoms with van der Waals surface area (Å²) in [6, 6.07) is 7.49. The van der Waals surface area contributed by atoms with Crippen molar-refractivity contribution in [3.8, 4) is 0 Å². The molecule has 1 N–H and O–H groups in total. The molecule has 0 fully saturated rings. The van der Waals surface area contributed by atoms with Gasteiger partial charge in [-0.3, -0.25) is 9.59 Å². The Kier molecular flexibility index (Phi) is 4.07. The lowest BCUT2D eigenvalue weighted by Gasteiger charge is -2.22. The molecule has 1 aromatic heterocycles. The van der Waals surface area contributed by atoms with E-state index in [1.54, 1.807) is 35.0 Å². The van der Waals surface area contributed by atoms with Crippen LogP contribution < -0.4 is 5.43 Å². The Hall–Kier alpha value is -2.63. The molecule has 0 aliphatic heterocycles. The number of nitrogens with zero attached hydrogens (tertiary/aromatic N) is 2. The molecular formula is C15H16N2O4. The lowest BCUT2D eigenvalue weighted by molar-refractivity contribution is -0.148. The van der Waals surface area contributed by atoms with Gasteiger partial charge in [-0.2, -0.15) is 0 Å². The molecule has 0 saturated carbocycles. The van der Waals surface area contributed by atoms with Crippen LogP contribution >= 0.6 is 0 Å². The highest BCUT2D eigenvalue weighted by molar-refractivity contribution is 5.85. The SMILES string of the molecule is CC(C(=O)O)N(C)C(=O)Cn1ccc(=O)c2ccccc21. The fourth-order valence-electron chi connectivity index (χ4n) is 2.04. The second kappa shape index (κ2) is 5.78. The number of benzene rings is 1. The highest BCUT2D eigenvalue weighted by Gasteiger charge is 2.21. The smallest absolute Gasteiger partial charge is 0.326 e. The summed E-state index contributed by atoms with van der Waals surface area (Å²) in [4.78, 5) is 36.0. The van der Waals surface area contributed by atoms with E-state index < -0.39 is 12.0 Å². The molecule has 0 spiro atoms. The molecule has 0 saturated heterocycles. The topological polar surface area (TPSA) is 79.6 Å². The minimum atomic E-state index is -1.06. The van der Waals surface area contributed by atoms with Crippen LogP contribution in [0.25, 0.3) is 10.9 Å². The van der Waals surface area contributed by atoms with E-state index >= 15 is 0 Å². The summed E-state index contributed by atoms with van der Waals surface area (Å²) in [6.45, 7) is 1.43. The van der Waals surface area contributed by atoms with Gasteiger partial charge in [0.15, 0.2) is 5.43 Å². The van der Waals surface area contributed by atoms with E-state index in [0.717, 1.165) is 0 Å². The Bertz CT molecular complexity index is 751. The van der Waals surface area contributed by atoms with Gasteiger partial charge >= 0.3 is 5.97 Å². The number of hydrogen-bond donors (Lipinski definition) is 1. The summed E-state index contributed by atoms with van der Waals surface area (Å²) in [5.74, 6) is -1.39. The summed E-state index contributed by atoms with van der Waals surface area (Å²) in [6.07, 6.45) is 1.54. The van der Waals surface area contributed by atoms with Gasteiger partial charge in [0.25, 0.3) is 0 Å². The molecule has 0 radical (unpaired) electrons. The summed E-state index contributed by atoms with van der Waals surface area (Å²) in [5.41, 5.74) is 0.538. The summed E-state index contributed by atoms with van der Waals surface area (Å²) < 4.78 is 1.64. The number of carbonyl (C=O) groups is 2. The van der Waals surface area contributed by atoms with Crippen molar-refractivity contribution < 1.29 is 14.7 Å². The highest BCUT2D eigenvalue weighted by atomic mass is 16.4. The van der Waals surface area contributed by atoms with E-state index in [9.17, 15) is 14.4 Å². The molecule has 1 unspecified atom stereocenters. The molecular weight excluding hydrogens is 272 g/mol. The Morgan fingerprint density at radius 3 is 2.62 bits per heavy atom. The summed E-state index contributed by atoms with van der Waals surface area (Å²) in [5, 5.41) is 9.46. The molecule has 0 aliphatic rings. The second-order valence-corrected chi connectivity index (χ2v) is 4.84. The molecule has 1 amide bonds. The number of para-hydroxylation sites is 1. The molecule has 6 heteroatoms. The first-order valence-electron chi connectivity index (χ1n) is 6.48. The van der Waals surface area contributed by atoms with Crippen LogP contribution in [0.15, 0.2) is 41.3 Å². The van der Waals surface area contributed by atoms with Crippen LogP contribution in [0.1, 0.15) is 6.92 Å². The van der Waals surface area contributed by atoms with Crippen molar-refractivity contribution in [3.63, 3.8) is 0 Å². The number of hydrogen-bond acceptors (Lipinski definition) is 3. The molecule has 0 bridgehead atoms. The number of amides is 1. The van der Waals surface area contributed by atoms with Gasteiger partial charge in [0.05, 0.1) is 5.52 Å². The minimum absolute atomic E-state index is 0.0189. The fourth-order valence-corrected chi connectivity index (χ4v) is 2.04. The fraction of sp³-hybridized carbons (Fsp3) is 0.267. The van der Waals surface area contributed by atoms with Crippen molar-refractivity contribution in [2.45, 2.75) is 19.5 Å². The molecule has 2 rings (SSSR count). The van der Waals surface area contributed by atoms with Crippen molar-refractivity contribution in [1.29, 1.82) is 0 Å². The van der Waals surface area contributed by atoms with Gasteiger partial charge < -0.3 is 14.6 Å². The first-order valence-corrected chi connectivity index (χ1v) is 6.48. The molecule has 1 atom stereocenters. The lowest BCUT2D eigenvalue weighted by Crippen LogP contribution is -2.41.